The first-order chi connectivity index (χ1) is 5.70. The lowest BCUT2D eigenvalue weighted by Gasteiger charge is -1.90. The van der Waals surface area contributed by atoms with Crippen LogP contribution in [0.15, 0.2) is 16.8 Å². The fourth-order valence-corrected chi connectivity index (χ4v) is 0.565. The highest BCUT2D eigenvalue weighted by Crippen LogP contribution is 1.97. The van der Waals surface area contributed by atoms with E-state index in [-0.39, 0.29) is 6.67 Å². The van der Waals surface area contributed by atoms with E-state index in [1.165, 1.54) is 0 Å². The summed E-state index contributed by atoms with van der Waals surface area (Å²) in [6.07, 6.45) is 2.02. The molecule has 0 aromatic rings. The van der Waals surface area contributed by atoms with Crippen molar-refractivity contribution in [2.24, 2.45) is 10.9 Å². The van der Waals surface area contributed by atoms with Gasteiger partial charge in [-0.2, -0.15) is 0 Å². The Labute approximate surface area is 73.4 Å². The van der Waals surface area contributed by atoms with Crippen molar-refractivity contribution in [1.29, 1.82) is 0 Å². The molecule has 0 spiro atoms. The first-order valence-electron chi connectivity index (χ1n) is 3.95. The lowest BCUT2D eigenvalue weighted by atomic mass is 10.2. The Hall–Kier alpha value is -1.10. The van der Waals surface area contributed by atoms with Crippen LogP contribution >= 0.6 is 0 Å². The maximum Gasteiger partial charge on any atom is 0.108 e. The number of nitrogens with zero attached hydrogens (tertiary/aromatic N) is 1. The minimum atomic E-state index is -0.373. The van der Waals surface area contributed by atoms with Crippen molar-refractivity contribution < 1.29 is 4.39 Å². The van der Waals surface area contributed by atoms with Crippen molar-refractivity contribution in [1.82, 2.24) is 0 Å². The Morgan fingerprint density at radius 3 is 2.75 bits per heavy atom. The second-order valence-electron chi connectivity index (χ2n) is 2.65. The van der Waals surface area contributed by atoms with Crippen LogP contribution in [0.1, 0.15) is 20.3 Å². The summed E-state index contributed by atoms with van der Waals surface area (Å²) in [7, 11) is 0. The van der Waals surface area contributed by atoms with Crippen molar-refractivity contribution in [3.63, 3.8) is 0 Å². The van der Waals surface area contributed by atoms with E-state index in [2.05, 4.69) is 23.6 Å². The fraction of sp³-hybridized carbons (Fsp3) is 0.500. The van der Waals surface area contributed by atoms with Crippen LogP contribution < -0.4 is 0 Å². The first kappa shape index (κ1) is 10.9. The average molecular weight is 167 g/mol. The van der Waals surface area contributed by atoms with Gasteiger partial charge in [-0.3, -0.25) is 9.38 Å². The number of halogens is 1. The zero-order chi connectivity index (χ0) is 9.40. The van der Waals surface area contributed by atoms with E-state index in [4.69, 9.17) is 0 Å². The van der Waals surface area contributed by atoms with Crippen LogP contribution in [-0.4, -0.2) is 13.4 Å². The summed E-state index contributed by atoms with van der Waals surface area (Å²) in [6.45, 7) is 6.95. The molecule has 2 heteroatoms. The summed E-state index contributed by atoms with van der Waals surface area (Å²) in [6, 6.07) is 0. The number of hydrogen-bond donors (Lipinski definition) is 0. The molecular formula is C10H14FN. The minimum absolute atomic E-state index is 0.306. The SMILES string of the molecule is C=N/C(C#CC(C)C)=C\CCF. The summed E-state index contributed by atoms with van der Waals surface area (Å²) >= 11 is 0. The molecule has 0 aliphatic rings. The highest BCUT2D eigenvalue weighted by Gasteiger charge is 1.87. The quantitative estimate of drug-likeness (QED) is 0.452. The molecule has 0 heterocycles. The molecule has 0 aliphatic heterocycles. The number of alkyl halides is 1. The predicted octanol–water partition coefficient (Wildman–Crippen LogP) is 2.59. The zero-order valence-corrected chi connectivity index (χ0v) is 7.60. The van der Waals surface area contributed by atoms with Gasteiger partial charge < -0.3 is 0 Å². The molecule has 0 rings (SSSR count). The van der Waals surface area contributed by atoms with Gasteiger partial charge >= 0.3 is 0 Å². The minimum Gasteiger partial charge on any atom is -0.256 e. The molecular weight excluding hydrogens is 153 g/mol. The summed E-state index contributed by atoms with van der Waals surface area (Å²) in [5.74, 6) is 6.06. The third-order valence-corrected chi connectivity index (χ3v) is 1.11. The summed E-state index contributed by atoms with van der Waals surface area (Å²) in [5.41, 5.74) is 0.571. The van der Waals surface area contributed by atoms with Crippen molar-refractivity contribution in [3.05, 3.63) is 11.8 Å². The van der Waals surface area contributed by atoms with Crippen molar-refractivity contribution in [2.45, 2.75) is 20.3 Å². The molecule has 0 aliphatic carbocycles. The zero-order valence-electron chi connectivity index (χ0n) is 7.60. The Morgan fingerprint density at radius 2 is 2.33 bits per heavy atom. The van der Waals surface area contributed by atoms with E-state index >= 15 is 0 Å². The van der Waals surface area contributed by atoms with Gasteiger partial charge in [0, 0.05) is 5.92 Å². The Bertz CT molecular complexity index is 218. The van der Waals surface area contributed by atoms with Crippen LogP contribution in [0.2, 0.25) is 0 Å². The number of rotatable bonds is 3. The van der Waals surface area contributed by atoms with Crippen LogP contribution in [-0.2, 0) is 0 Å². The van der Waals surface area contributed by atoms with Crippen molar-refractivity contribution >= 4 is 6.72 Å². The van der Waals surface area contributed by atoms with Gasteiger partial charge in [-0.05, 0) is 25.1 Å². The molecule has 66 valence electrons. The second-order valence-corrected chi connectivity index (χ2v) is 2.65. The first-order valence-corrected chi connectivity index (χ1v) is 3.95. The second kappa shape index (κ2) is 6.60. The van der Waals surface area contributed by atoms with E-state index in [0.29, 0.717) is 18.0 Å². The van der Waals surface area contributed by atoms with Crippen molar-refractivity contribution in [3.8, 4) is 11.8 Å². The lowest BCUT2D eigenvalue weighted by Crippen LogP contribution is -1.80. The standard InChI is InChI=1S/C10H14FN/c1-9(2)6-7-10(12-3)5-4-8-11/h5,9H,3-4,8H2,1-2H3/b10-5-. The third-order valence-electron chi connectivity index (χ3n) is 1.11. The molecule has 0 saturated heterocycles. The van der Waals surface area contributed by atoms with E-state index in [1.54, 1.807) is 6.08 Å². The molecule has 0 unspecified atom stereocenters. The topological polar surface area (TPSA) is 12.4 Å². The molecule has 0 fully saturated rings. The molecule has 12 heavy (non-hydrogen) atoms. The Morgan fingerprint density at radius 1 is 1.67 bits per heavy atom. The molecule has 0 saturated carbocycles. The summed E-state index contributed by atoms with van der Waals surface area (Å²) < 4.78 is 11.7. The number of hydrogen-bond acceptors (Lipinski definition) is 1. The van der Waals surface area contributed by atoms with Gasteiger partial charge in [0.15, 0.2) is 0 Å². The Balaban J connectivity index is 4.19. The highest BCUT2D eigenvalue weighted by molar-refractivity contribution is 5.37. The largest absolute Gasteiger partial charge is 0.256 e. The van der Waals surface area contributed by atoms with E-state index in [9.17, 15) is 4.39 Å². The van der Waals surface area contributed by atoms with Gasteiger partial charge in [0.1, 0.15) is 5.70 Å². The number of aliphatic imine (C=N–C) groups is 1. The van der Waals surface area contributed by atoms with E-state index in [0.717, 1.165) is 0 Å². The van der Waals surface area contributed by atoms with Crippen LogP contribution in [0.3, 0.4) is 0 Å². The fourth-order valence-electron chi connectivity index (χ4n) is 0.565. The average Bonchev–Trinajstić information content (AvgIpc) is 2.05. The van der Waals surface area contributed by atoms with Gasteiger partial charge in [0.2, 0.25) is 0 Å². The van der Waals surface area contributed by atoms with Gasteiger partial charge in [0.25, 0.3) is 0 Å². The van der Waals surface area contributed by atoms with Gasteiger partial charge in [-0.1, -0.05) is 19.8 Å². The smallest absolute Gasteiger partial charge is 0.108 e. The van der Waals surface area contributed by atoms with Crippen LogP contribution in [0.4, 0.5) is 4.39 Å². The maximum atomic E-state index is 11.7. The third kappa shape index (κ3) is 5.67. The monoisotopic (exact) mass is 167 g/mol. The van der Waals surface area contributed by atoms with E-state index in [1.807, 2.05) is 13.8 Å². The maximum absolute atomic E-state index is 11.7. The molecule has 0 atom stereocenters. The lowest BCUT2D eigenvalue weighted by molar-refractivity contribution is 0.500. The molecule has 0 aromatic carbocycles. The molecule has 0 radical (unpaired) electrons. The Kier molecular flexibility index (Phi) is 6.00. The summed E-state index contributed by atoms with van der Waals surface area (Å²) in [5, 5.41) is 0. The van der Waals surface area contributed by atoms with Gasteiger partial charge in [-0.15, -0.1) is 0 Å². The molecule has 0 amide bonds. The molecule has 0 bridgehead atoms. The van der Waals surface area contributed by atoms with Crippen molar-refractivity contribution in [2.75, 3.05) is 6.67 Å². The highest BCUT2D eigenvalue weighted by atomic mass is 19.1. The molecule has 0 aromatic heterocycles. The van der Waals surface area contributed by atoms with Crippen LogP contribution in [0, 0.1) is 17.8 Å². The van der Waals surface area contributed by atoms with Crippen LogP contribution in [0.5, 0.6) is 0 Å². The van der Waals surface area contributed by atoms with Crippen LogP contribution in [0.25, 0.3) is 0 Å². The molecule has 1 nitrogen and oxygen atoms in total. The van der Waals surface area contributed by atoms with Gasteiger partial charge in [0.05, 0.1) is 6.67 Å². The normalized spacial score (nSPS) is 10.8. The van der Waals surface area contributed by atoms with Gasteiger partial charge in [-0.25, -0.2) is 0 Å². The predicted molar refractivity (Wildman–Crippen MR) is 50.8 cm³/mol. The summed E-state index contributed by atoms with van der Waals surface area (Å²) in [4.78, 5) is 3.67. The molecule has 0 N–H and O–H groups in total. The number of allylic oxidation sites excluding steroid dienone is 2. The van der Waals surface area contributed by atoms with E-state index < -0.39 is 0 Å².